The number of ether oxygens (including phenoxy) is 2. The van der Waals surface area contributed by atoms with Crippen LogP contribution in [0.15, 0.2) is 48.5 Å². The molecule has 0 heterocycles. The van der Waals surface area contributed by atoms with Gasteiger partial charge in [0, 0.05) is 5.02 Å². The summed E-state index contributed by atoms with van der Waals surface area (Å²) in [5.41, 5.74) is 3.28. The first-order valence-electron chi connectivity index (χ1n) is 7.77. The van der Waals surface area contributed by atoms with Gasteiger partial charge < -0.3 is 9.47 Å². The average Bonchev–Trinajstić information content (AvgIpc) is 2.57. The highest BCUT2D eigenvalue weighted by Gasteiger charge is 2.12. The smallest absolute Gasteiger partial charge is 0.332 e. The summed E-state index contributed by atoms with van der Waals surface area (Å²) in [6.45, 7) is 4.16. The summed E-state index contributed by atoms with van der Waals surface area (Å²) in [4.78, 5) is 11.4. The molecular weight excluding hydrogens is 312 g/mol. The molecule has 0 aliphatic rings. The van der Waals surface area contributed by atoms with Crippen LogP contribution in [0.1, 0.15) is 31.9 Å². The largest absolute Gasteiger partial charge is 0.464 e. The van der Waals surface area contributed by atoms with E-state index in [0.29, 0.717) is 6.61 Å². The molecule has 1 atom stereocenters. The third-order valence-electron chi connectivity index (χ3n) is 3.54. The minimum atomic E-state index is -0.330. The molecule has 122 valence electrons. The molecule has 2 aromatic rings. The Morgan fingerprint density at radius 1 is 1.00 bits per heavy atom. The molecule has 1 unspecified atom stereocenters. The van der Waals surface area contributed by atoms with Gasteiger partial charge in [0.25, 0.3) is 0 Å². The first-order valence-corrected chi connectivity index (χ1v) is 8.15. The van der Waals surface area contributed by atoms with Crippen molar-refractivity contribution in [1.29, 1.82) is 0 Å². The van der Waals surface area contributed by atoms with E-state index in [-0.39, 0.29) is 18.7 Å². The molecule has 0 radical (unpaired) electrons. The molecule has 0 spiro atoms. The second-order valence-corrected chi connectivity index (χ2v) is 5.58. The zero-order valence-corrected chi connectivity index (χ0v) is 14.2. The van der Waals surface area contributed by atoms with E-state index in [2.05, 4.69) is 12.1 Å². The molecule has 2 rings (SSSR count). The Morgan fingerprint density at radius 3 is 2.09 bits per heavy atom. The number of carbonyl (C=O) groups is 1. The lowest BCUT2D eigenvalue weighted by Crippen LogP contribution is -2.15. The molecule has 0 aliphatic carbocycles. The van der Waals surface area contributed by atoms with Gasteiger partial charge in [-0.15, -0.1) is 0 Å². The number of hydrogen-bond donors (Lipinski definition) is 0. The van der Waals surface area contributed by atoms with Crippen molar-refractivity contribution < 1.29 is 14.3 Å². The van der Waals surface area contributed by atoms with Gasteiger partial charge >= 0.3 is 5.97 Å². The van der Waals surface area contributed by atoms with Gasteiger partial charge in [0.05, 0.1) is 12.7 Å². The van der Waals surface area contributed by atoms with Crippen LogP contribution in [0, 0.1) is 0 Å². The molecular formula is C19H21ClO3. The average molecular weight is 333 g/mol. The van der Waals surface area contributed by atoms with E-state index in [9.17, 15) is 4.79 Å². The van der Waals surface area contributed by atoms with Crippen LogP contribution in [0.3, 0.4) is 0 Å². The van der Waals surface area contributed by atoms with Crippen LogP contribution >= 0.6 is 11.6 Å². The summed E-state index contributed by atoms with van der Waals surface area (Å²) in [5.74, 6) is -0.330. The van der Waals surface area contributed by atoms with E-state index in [1.54, 1.807) is 6.92 Å². The summed E-state index contributed by atoms with van der Waals surface area (Å²) >= 11 is 5.91. The van der Waals surface area contributed by atoms with Gasteiger partial charge in [-0.2, -0.15) is 0 Å². The number of carbonyl (C=O) groups excluding carboxylic acids is 1. The van der Waals surface area contributed by atoms with Gasteiger partial charge in [0.2, 0.25) is 0 Å². The van der Waals surface area contributed by atoms with Crippen LogP contribution in [-0.2, 0) is 14.3 Å². The maximum absolute atomic E-state index is 11.4. The summed E-state index contributed by atoms with van der Waals surface area (Å²) in [7, 11) is 0. The van der Waals surface area contributed by atoms with Crippen LogP contribution in [-0.4, -0.2) is 19.2 Å². The molecule has 0 aromatic heterocycles. The van der Waals surface area contributed by atoms with E-state index in [1.165, 1.54) is 0 Å². The number of benzene rings is 2. The summed E-state index contributed by atoms with van der Waals surface area (Å²) < 4.78 is 10.5. The van der Waals surface area contributed by atoms with Crippen molar-refractivity contribution >= 4 is 17.6 Å². The molecule has 0 bridgehead atoms. The first-order chi connectivity index (χ1) is 11.1. The highest BCUT2D eigenvalue weighted by molar-refractivity contribution is 6.30. The summed E-state index contributed by atoms with van der Waals surface area (Å²) in [5, 5.41) is 0.726. The number of halogens is 1. The Kier molecular flexibility index (Phi) is 6.63. The molecule has 4 heteroatoms. The fourth-order valence-electron chi connectivity index (χ4n) is 2.35. The zero-order chi connectivity index (χ0) is 16.7. The van der Waals surface area contributed by atoms with Crippen molar-refractivity contribution in [3.63, 3.8) is 0 Å². The fourth-order valence-corrected chi connectivity index (χ4v) is 2.48. The minimum Gasteiger partial charge on any atom is -0.464 e. The lowest BCUT2D eigenvalue weighted by molar-refractivity contribution is -0.150. The standard InChI is InChI=1S/C19H21ClO3/c1-3-18(23-13-19(21)22-4-2)16-7-5-14(6-8-16)15-9-11-17(20)12-10-15/h5-12,18H,3-4,13H2,1-2H3. The molecule has 0 saturated heterocycles. The van der Waals surface area contributed by atoms with Crippen molar-refractivity contribution in [1.82, 2.24) is 0 Å². The van der Waals surface area contributed by atoms with Crippen molar-refractivity contribution in [2.24, 2.45) is 0 Å². The first kappa shape index (κ1) is 17.5. The maximum Gasteiger partial charge on any atom is 0.332 e. The van der Waals surface area contributed by atoms with Crippen molar-refractivity contribution in [3.8, 4) is 11.1 Å². The van der Waals surface area contributed by atoms with E-state index < -0.39 is 0 Å². The predicted octanol–water partition coefficient (Wildman–Crippen LogP) is 5.04. The van der Waals surface area contributed by atoms with Crippen LogP contribution in [0.25, 0.3) is 11.1 Å². The Balaban J connectivity index is 2.04. The normalized spacial score (nSPS) is 12.0. The van der Waals surface area contributed by atoms with Gasteiger partial charge in [-0.25, -0.2) is 4.79 Å². The third kappa shape index (κ3) is 5.08. The molecule has 0 saturated carbocycles. The van der Waals surface area contributed by atoms with Gasteiger partial charge in [0.15, 0.2) is 0 Å². The number of esters is 1. The zero-order valence-electron chi connectivity index (χ0n) is 13.4. The molecule has 0 aliphatic heterocycles. The monoisotopic (exact) mass is 332 g/mol. The number of rotatable bonds is 7. The highest BCUT2D eigenvalue weighted by Crippen LogP contribution is 2.26. The van der Waals surface area contributed by atoms with Gasteiger partial charge in [-0.1, -0.05) is 54.9 Å². The van der Waals surface area contributed by atoms with Gasteiger partial charge in [-0.05, 0) is 42.2 Å². The van der Waals surface area contributed by atoms with E-state index in [1.807, 2.05) is 43.3 Å². The Labute approximate surface area is 142 Å². The van der Waals surface area contributed by atoms with Crippen LogP contribution in [0.2, 0.25) is 5.02 Å². The molecule has 0 fully saturated rings. The van der Waals surface area contributed by atoms with Crippen molar-refractivity contribution in [2.75, 3.05) is 13.2 Å². The van der Waals surface area contributed by atoms with Crippen LogP contribution in [0.4, 0.5) is 0 Å². The molecule has 3 nitrogen and oxygen atoms in total. The van der Waals surface area contributed by atoms with Gasteiger partial charge in [-0.3, -0.25) is 0 Å². The topological polar surface area (TPSA) is 35.5 Å². The molecule has 23 heavy (non-hydrogen) atoms. The predicted molar refractivity (Wildman–Crippen MR) is 92.5 cm³/mol. The highest BCUT2D eigenvalue weighted by atomic mass is 35.5. The van der Waals surface area contributed by atoms with Crippen molar-refractivity contribution in [3.05, 3.63) is 59.1 Å². The van der Waals surface area contributed by atoms with E-state index in [4.69, 9.17) is 21.1 Å². The number of hydrogen-bond acceptors (Lipinski definition) is 3. The second-order valence-electron chi connectivity index (χ2n) is 5.14. The third-order valence-corrected chi connectivity index (χ3v) is 3.79. The van der Waals surface area contributed by atoms with Gasteiger partial charge in [0.1, 0.15) is 6.61 Å². The van der Waals surface area contributed by atoms with Crippen LogP contribution in [0.5, 0.6) is 0 Å². The van der Waals surface area contributed by atoms with E-state index >= 15 is 0 Å². The van der Waals surface area contributed by atoms with Crippen LogP contribution < -0.4 is 0 Å². The Bertz CT molecular complexity index is 620. The SMILES string of the molecule is CCOC(=O)COC(CC)c1ccc(-c2ccc(Cl)cc2)cc1. The molecule has 2 aromatic carbocycles. The Morgan fingerprint density at radius 2 is 1.57 bits per heavy atom. The second kappa shape index (κ2) is 8.70. The lowest BCUT2D eigenvalue weighted by atomic mass is 10.0. The Hall–Kier alpha value is -1.84. The summed E-state index contributed by atoms with van der Waals surface area (Å²) in [6, 6.07) is 15.9. The molecule has 0 N–H and O–H groups in total. The van der Waals surface area contributed by atoms with E-state index in [0.717, 1.165) is 28.1 Å². The summed E-state index contributed by atoms with van der Waals surface area (Å²) in [6.07, 6.45) is 0.679. The van der Waals surface area contributed by atoms with Crippen molar-refractivity contribution in [2.45, 2.75) is 26.4 Å². The molecule has 0 amide bonds. The lowest BCUT2D eigenvalue weighted by Gasteiger charge is -2.16. The quantitative estimate of drug-likeness (QED) is 0.666. The minimum absolute atomic E-state index is 0.0225. The fraction of sp³-hybridized carbons (Fsp3) is 0.316. The maximum atomic E-state index is 11.4.